The molecule has 1 fully saturated rings. The van der Waals surface area contributed by atoms with Gasteiger partial charge in [0.2, 0.25) is 17.4 Å². The van der Waals surface area contributed by atoms with Gasteiger partial charge in [-0.05, 0) is 44.7 Å². The molecule has 1 saturated heterocycles. The number of rotatable bonds is 10. The van der Waals surface area contributed by atoms with Gasteiger partial charge < -0.3 is 25.4 Å². The van der Waals surface area contributed by atoms with Crippen LogP contribution in [0.25, 0.3) is 0 Å². The second-order valence-corrected chi connectivity index (χ2v) is 10.3. The van der Waals surface area contributed by atoms with Crippen LogP contribution in [0.1, 0.15) is 36.6 Å². The molecule has 0 spiro atoms. The van der Waals surface area contributed by atoms with Crippen LogP contribution < -0.4 is 15.8 Å². The minimum absolute atomic E-state index is 0.0178. The van der Waals surface area contributed by atoms with Crippen LogP contribution in [0.3, 0.4) is 0 Å². The third-order valence-corrected chi connectivity index (χ3v) is 7.00. The van der Waals surface area contributed by atoms with Crippen molar-refractivity contribution in [3.8, 4) is 11.5 Å². The molecule has 10 nitrogen and oxygen atoms in total. The van der Waals surface area contributed by atoms with Gasteiger partial charge in [0.25, 0.3) is 0 Å². The maximum atomic E-state index is 14.7. The predicted octanol–water partition coefficient (Wildman–Crippen LogP) is 6.04. The number of anilines is 1. The molecule has 2 heterocycles. The van der Waals surface area contributed by atoms with E-state index in [2.05, 4.69) is 26.9 Å². The van der Waals surface area contributed by atoms with E-state index in [1.165, 1.54) is 25.5 Å². The highest BCUT2D eigenvalue weighted by Gasteiger charge is 2.25. The van der Waals surface area contributed by atoms with Crippen LogP contribution >= 0.6 is 0 Å². The van der Waals surface area contributed by atoms with Gasteiger partial charge in [0.05, 0.1) is 23.6 Å². The van der Waals surface area contributed by atoms with Gasteiger partial charge in [-0.1, -0.05) is 12.2 Å². The number of aryl methyl sites for hydroxylation is 1. The first-order chi connectivity index (χ1) is 22.9. The lowest BCUT2D eigenvalue weighted by Gasteiger charge is -2.16. The summed E-state index contributed by atoms with van der Waals surface area (Å²) in [6.45, 7) is 9.35. The van der Waals surface area contributed by atoms with E-state index in [0.717, 1.165) is 38.1 Å². The smallest absolute Gasteiger partial charge is 0.330 e. The van der Waals surface area contributed by atoms with Crippen LogP contribution in [0.4, 0.5) is 32.6 Å². The SMILES string of the molecule is C=CC[C@@H]1CCN(C(=O)NC/C=C/C(=O)OCC)C1.CN=C(c1ccc(Oc2c(F)c(F)cc(F)c2F)cc1F)c1c(C)ncnc1N. The molecule has 0 aliphatic carbocycles. The van der Waals surface area contributed by atoms with E-state index in [4.69, 9.17) is 15.2 Å². The number of allylic oxidation sites excluding steroid dienone is 1. The number of hydrogen-bond acceptors (Lipinski definition) is 8. The quantitative estimate of drug-likeness (QED) is 0.0670. The third-order valence-electron chi connectivity index (χ3n) is 7.00. The summed E-state index contributed by atoms with van der Waals surface area (Å²) in [5, 5.41) is 2.75. The zero-order valence-corrected chi connectivity index (χ0v) is 26.5. The van der Waals surface area contributed by atoms with Crippen molar-refractivity contribution in [1.82, 2.24) is 20.2 Å². The molecule has 15 heteroatoms. The molecule has 0 saturated carbocycles. The number of likely N-dealkylation sites (tertiary alicyclic amines) is 1. The average molecular weight is 675 g/mol. The molecule has 2 aromatic carbocycles. The van der Waals surface area contributed by atoms with Crippen molar-refractivity contribution in [1.29, 1.82) is 0 Å². The van der Waals surface area contributed by atoms with Gasteiger partial charge in [0, 0.05) is 50.5 Å². The number of nitrogens with one attached hydrogen (secondary N) is 1. The minimum Gasteiger partial charge on any atom is -0.463 e. The van der Waals surface area contributed by atoms with E-state index < -0.39 is 40.6 Å². The Morgan fingerprint density at radius 1 is 1.12 bits per heavy atom. The Hall–Kier alpha value is -5.34. The summed E-state index contributed by atoms with van der Waals surface area (Å²) in [4.78, 5) is 36.5. The van der Waals surface area contributed by atoms with Crippen molar-refractivity contribution < 1.29 is 41.0 Å². The summed E-state index contributed by atoms with van der Waals surface area (Å²) < 4.78 is 78.4. The number of urea groups is 1. The summed E-state index contributed by atoms with van der Waals surface area (Å²) in [5.41, 5.74) is 6.73. The Bertz CT molecular complexity index is 1650. The van der Waals surface area contributed by atoms with E-state index in [1.54, 1.807) is 24.8 Å². The summed E-state index contributed by atoms with van der Waals surface area (Å²) in [6, 6.07) is 3.11. The number of benzene rings is 2. The Labute approximate surface area is 274 Å². The monoisotopic (exact) mass is 674 g/mol. The minimum atomic E-state index is -1.74. The number of amides is 2. The first-order valence-electron chi connectivity index (χ1n) is 14.7. The van der Waals surface area contributed by atoms with Crippen LogP contribution in [0, 0.1) is 41.9 Å². The number of nitrogen functional groups attached to an aromatic ring is 1. The number of carbonyl (C=O) groups is 2. The number of hydrogen-bond donors (Lipinski definition) is 2. The maximum absolute atomic E-state index is 14.7. The molecule has 3 N–H and O–H groups in total. The number of ether oxygens (including phenoxy) is 2. The fraction of sp³-hybridized carbons (Fsp3) is 0.303. The van der Waals surface area contributed by atoms with Crippen molar-refractivity contribution in [3.05, 3.63) is 101 Å². The fourth-order valence-corrected chi connectivity index (χ4v) is 4.71. The number of esters is 1. The van der Waals surface area contributed by atoms with Crippen LogP contribution in [-0.4, -0.2) is 65.9 Å². The lowest BCUT2D eigenvalue weighted by molar-refractivity contribution is -0.137. The lowest BCUT2D eigenvalue weighted by Crippen LogP contribution is -2.38. The lowest BCUT2D eigenvalue weighted by atomic mass is 10.0. The predicted molar refractivity (Wildman–Crippen MR) is 169 cm³/mol. The summed E-state index contributed by atoms with van der Waals surface area (Å²) in [6.07, 6.45) is 8.04. The average Bonchev–Trinajstić information content (AvgIpc) is 3.52. The summed E-state index contributed by atoms with van der Waals surface area (Å²) in [5.74, 6) is -9.15. The molecule has 48 heavy (non-hydrogen) atoms. The molecule has 1 atom stereocenters. The van der Waals surface area contributed by atoms with Gasteiger partial charge >= 0.3 is 12.0 Å². The third kappa shape index (κ3) is 9.59. The number of nitrogens with zero attached hydrogens (tertiary/aromatic N) is 4. The van der Waals surface area contributed by atoms with Crippen LogP contribution in [0.2, 0.25) is 0 Å². The van der Waals surface area contributed by atoms with Gasteiger partial charge in [-0.15, -0.1) is 6.58 Å². The Kier molecular flexibility index (Phi) is 13.6. The second-order valence-electron chi connectivity index (χ2n) is 10.3. The first kappa shape index (κ1) is 37.1. The molecule has 1 aromatic heterocycles. The topological polar surface area (TPSA) is 132 Å². The number of aliphatic imine (C=N–C) groups is 1. The zero-order chi connectivity index (χ0) is 35.4. The normalized spacial score (nSPS) is 14.4. The molecule has 256 valence electrons. The molecular formula is C33H35F5N6O4. The molecule has 0 unspecified atom stereocenters. The highest BCUT2D eigenvalue weighted by molar-refractivity contribution is 6.16. The van der Waals surface area contributed by atoms with E-state index in [9.17, 15) is 31.5 Å². The van der Waals surface area contributed by atoms with E-state index >= 15 is 0 Å². The van der Waals surface area contributed by atoms with E-state index in [-0.39, 0.29) is 35.2 Å². The van der Waals surface area contributed by atoms with Crippen molar-refractivity contribution in [3.63, 3.8) is 0 Å². The van der Waals surface area contributed by atoms with E-state index in [1.807, 2.05) is 6.08 Å². The molecule has 1 aliphatic heterocycles. The Balaban J connectivity index is 0.000000286. The van der Waals surface area contributed by atoms with Gasteiger partial charge in [-0.2, -0.15) is 8.78 Å². The highest BCUT2D eigenvalue weighted by Crippen LogP contribution is 2.32. The van der Waals surface area contributed by atoms with Crippen LogP contribution in [0.15, 0.2) is 60.4 Å². The Morgan fingerprint density at radius 2 is 1.83 bits per heavy atom. The second kappa shape index (κ2) is 17.5. The standard InChI is InChI=1S/C19H13F5N4O.C14H22N2O3/c1-8-14(19(25)28-7-27-8)17(26-2)10-4-3-9(5-11(10)20)29-18-15(23)12(21)6-13(22)16(18)24;1-3-6-12-8-10-16(11-12)14(18)15-9-5-7-13(17)19-4-2/h3-7H,1-2H3,(H2,25,27,28);3,5,7,12H,1,4,6,8-11H2,2H3,(H,15,18)/b;7-5+/t;12-/m.1/s1. The van der Waals surface area contributed by atoms with Crippen molar-refractivity contribution in [2.45, 2.75) is 26.7 Å². The van der Waals surface area contributed by atoms with Gasteiger partial charge in [0.15, 0.2) is 11.6 Å². The molecule has 4 rings (SSSR count). The zero-order valence-electron chi connectivity index (χ0n) is 26.5. The van der Waals surface area contributed by atoms with Gasteiger partial charge in [-0.3, -0.25) is 4.99 Å². The van der Waals surface area contributed by atoms with Crippen molar-refractivity contribution in [2.24, 2.45) is 10.9 Å². The van der Waals surface area contributed by atoms with E-state index in [0.29, 0.717) is 30.3 Å². The number of nitrogens with two attached hydrogens (primary N) is 1. The maximum Gasteiger partial charge on any atom is 0.330 e. The Morgan fingerprint density at radius 3 is 2.44 bits per heavy atom. The first-order valence-corrected chi connectivity index (χ1v) is 14.7. The number of aromatic nitrogens is 2. The van der Waals surface area contributed by atoms with Gasteiger partial charge in [0.1, 0.15) is 23.7 Å². The van der Waals surface area contributed by atoms with Crippen LogP contribution in [0.5, 0.6) is 11.5 Å². The number of halogens is 5. The molecule has 0 radical (unpaired) electrons. The summed E-state index contributed by atoms with van der Waals surface area (Å²) in [7, 11) is 1.41. The molecule has 3 aromatic rings. The molecular weight excluding hydrogens is 639 g/mol. The molecule has 2 amide bonds. The van der Waals surface area contributed by atoms with Crippen LogP contribution in [-0.2, 0) is 9.53 Å². The number of carbonyl (C=O) groups excluding carboxylic acids is 2. The van der Waals surface area contributed by atoms with Crippen molar-refractivity contribution >= 4 is 23.5 Å². The summed E-state index contributed by atoms with van der Waals surface area (Å²) >= 11 is 0. The van der Waals surface area contributed by atoms with Gasteiger partial charge in [-0.25, -0.2) is 32.7 Å². The molecule has 0 bridgehead atoms. The molecule has 1 aliphatic rings. The fourth-order valence-electron chi connectivity index (χ4n) is 4.71. The highest BCUT2D eigenvalue weighted by atomic mass is 19.2. The largest absolute Gasteiger partial charge is 0.463 e. The van der Waals surface area contributed by atoms with Crippen molar-refractivity contribution in [2.75, 3.05) is 39.0 Å².